The van der Waals surface area contributed by atoms with E-state index in [2.05, 4.69) is 20.8 Å². The average Bonchev–Trinajstić information content (AvgIpc) is 3.05. The summed E-state index contributed by atoms with van der Waals surface area (Å²) in [7, 11) is 1.87. The summed E-state index contributed by atoms with van der Waals surface area (Å²) in [5.41, 5.74) is 5.71. The fraction of sp³-hybridized carbons (Fsp3) is 0.333. The third-order valence-electron chi connectivity index (χ3n) is 4.03. The topological polar surface area (TPSA) is 91.6 Å². The van der Waals surface area contributed by atoms with Crippen LogP contribution in [0.3, 0.4) is 0 Å². The molecular formula is C18H22N6O2. The molecule has 8 nitrogen and oxygen atoms in total. The van der Waals surface area contributed by atoms with Crippen LogP contribution in [0, 0.1) is 6.92 Å². The molecule has 3 rings (SSSR count). The molecule has 0 saturated carbocycles. The van der Waals surface area contributed by atoms with Crippen molar-refractivity contribution >= 4 is 23.3 Å². The number of anilines is 1. The third kappa shape index (κ3) is 4.27. The summed E-state index contributed by atoms with van der Waals surface area (Å²) >= 11 is 0. The second-order valence-electron chi connectivity index (χ2n) is 6.22. The van der Waals surface area contributed by atoms with Gasteiger partial charge < -0.3 is 5.32 Å². The number of aromatic nitrogens is 2. The summed E-state index contributed by atoms with van der Waals surface area (Å²) in [6.07, 6.45) is 5.41. The number of nitrogens with zero attached hydrogens (tertiary/aromatic N) is 4. The molecule has 0 saturated heterocycles. The second-order valence-corrected chi connectivity index (χ2v) is 6.22. The van der Waals surface area contributed by atoms with Gasteiger partial charge in [0.15, 0.2) is 0 Å². The monoisotopic (exact) mass is 354 g/mol. The molecular weight excluding hydrogens is 332 g/mol. The van der Waals surface area contributed by atoms with E-state index >= 15 is 0 Å². The molecule has 2 heterocycles. The van der Waals surface area contributed by atoms with Crippen molar-refractivity contribution in [3.05, 3.63) is 47.8 Å². The zero-order valence-electron chi connectivity index (χ0n) is 14.9. The van der Waals surface area contributed by atoms with Gasteiger partial charge in [-0.05, 0) is 37.5 Å². The fourth-order valence-corrected chi connectivity index (χ4v) is 2.63. The van der Waals surface area contributed by atoms with E-state index in [9.17, 15) is 9.59 Å². The molecule has 0 radical (unpaired) electrons. The maximum absolute atomic E-state index is 12.3. The SMILES string of the molecule is Cc1ccc(N2NC(C(=O)NCCCc3cnn(C)c3)=NCC2=O)cc1. The van der Waals surface area contributed by atoms with Gasteiger partial charge in [-0.25, -0.2) is 5.01 Å². The van der Waals surface area contributed by atoms with Gasteiger partial charge in [0, 0.05) is 19.8 Å². The van der Waals surface area contributed by atoms with E-state index in [1.807, 2.05) is 50.6 Å². The number of hydrogen-bond acceptors (Lipinski definition) is 5. The normalized spacial score (nSPS) is 14.0. The van der Waals surface area contributed by atoms with Crippen molar-refractivity contribution in [1.29, 1.82) is 0 Å². The quantitative estimate of drug-likeness (QED) is 0.748. The van der Waals surface area contributed by atoms with Crippen LogP contribution in [0.1, 0.15) is 17.5 Å². The summed E-state index contributed by atoms with van der Waals surface area (Å²) in [5.74, 6) is -0.380. The number of amidine groups is 1. The van der Waals surface area contributed by atoms with Gasteiger partial charge in [-0.2, -0.15) is 5.10 Å². The van der Waals surface area contributed by atoms with Gasteiger partial charge in [-0.1, -0.05) is 17.7 Å². The standard InChI is InChI=1S/C18H22N6O2/c1-13-5-7-15(8-6-13)24-16(25)11-20-17(22-24)18(26)19-9-3-4-14-10-21-23(2)12-14/h5-8,10,12H,3-4,9,11H2,1-2H3,(H,19,26)(H,20,22). The second kappa shape index (κ2) is 7.81. The lowest BCUT2D eigenvalue weighted by molar-refractivity contribution is -0.118. The first-order valence-electron chi connectivity index (χ1n) is 8.49. The van der Waals surface area contributed by atoms with Crippen LogP contribution in [0.2, 0.25) is 0 Å². The van der Waals surface area contributed by atoms with E-state index in [1.165, 1.54) is 5.01 Å². The van der Waals surface area contributed by atoms with Crippen molar-refractivity contribution in [2.45, 2.75) is 19.8 Å². The molecule has 1 aliphatic rings. The predicted octanol–water partition coefficient (Wildman–Crippen LogP) is 0.727. The first-order valence-corrected chi connectivity index (χ1v) is 8.49. The first-order chi connectivity index (χ1) is 12.5. The summed E-state index contributed by atoms with van der Waals surface area (Å²) in [4.78, 5) is 28.4. The summed E-state index contributed by atoms with van der Waals surface area (Å²) in [5, 5.41) is 8.30. The van der Waals surface area contributed by atoms with Crippen molar-refractivity contribution in [1.82, 2.24) is 20.5 Å². The number of aliphatic imine (C=N–C) groups is 1. The molecule has 0 aliphatic carbocycles. The molecule has 0 atom stereocenters. The largest absolute Gasteiger partial charge is 0.349 e. The van der Waals surface area contributed by atoms with Gasteiger partial charge in [-0.3, -0.25) is 24.7 Å². The molecule has 26 heavy (non-hydrogen) atoms. The lowest BCUT2D eigenvalue weighted by atomic mass is 10.2. The molecule has 0 unspecified atom stereocenters. The Hall–Kier alpha value is -3.16. The first kappa shape index (κ1) is 17.7. The molecule has 2 amide bonds. The maximum atomic E-state index is 12.3. The van der Waals surface area contributed by atoms with Gasteiger partial charge in [0.05, 0.1) is 11.9 Å². The molecule has 0 bridgehead atoms. The number of amides is 2. The number of carbonyl (C=O) groups is 2. The van der Waals surface area contributed by atoms with Crippen molar-refractivity contribution in [2.24, 2.45) is 12.0 Å². The fourth-order valence-electron chi connectivity index (χ4n) is 2.63. The highest BCUT2D eigenvalue weighted by Crippen LogP contribution is 2.15. The number of aryl methyl sites for hydroxylation is 3. The Kier molecular flexibility index (Phi) is 5.31. The summed E-state index contributed by atoms with van der Waals surface area (Å²) in [6.45, 7) is 2.44. The van der Waals surface area contributed by atoms with Crippen LogP contribution in [0.25, 0.3) is 0 Å². The Morgan fingerprint density at radius 3 is 2.77 bits per heavy atom. The van der Waals surface area contributed by atoms with Crippen LogP contribution in [-0.2, 0) is 23.1 Å². The zero-order chi connectivity index (χ0) is 18.5. The van der Waals surface area contributed by atoms with Gasteiger partial charge in [0.2, 0.25) is 5.84 Å². The summed E-state index contributed by atoms with van der Waals surface area (Å²) < 4.78 is 1.76. The number of nitrogens with one attached hydrogen (secondary N) is 2. The van der Waals surface area contributed by atoms with Gasteiger partial charge in [0.25, 0.3) is 11.8 Å². The molecule has 136 valence electrons. The number of hydrazine groups is 1. The van der Waals surface area contributed by atoms with Crippen LogP contribution < -0.4 is 15.8 Å². The Balaban J connectivity index is 1.52. The van der Waals surface area contributed by atoms with E-state index in [1.54, 1.807) is 4.68 Å². The minimum absolute atomic E-state index is 0.0562. The van der Waals surface area contributed by atoms with E-state index in [4.69, 9.17) is 0 Å². The molecule has 1 aromatic carbocycles. The van der Waals surface area contributed by atoms with Crippen LogP contribution in [0.15, 0.2) is 41.7 Å². The average molecular weight is 354 g/mol. The molecule has 0 spiro atoms. The minimum atomic E-state index is -0.319. The highest BCUT2D eigenvalue weighted by molar-refractivity contribution is 6.39. The molecule has 2 aromatic rings. The maximum Gasteiger partial charge on any atom is 0.288 e. The lowest BCUT2D eigenvalue weighted by Crippen LogP contribution is -2.55. The highest BCUT2D eigenvalue weighted by atomic mass is 16.2. The predicted molar refractivity (Wildman–Crippen MR) is 98.6 cm³/mol. The smallest absolute Gasteiger partial charge is 0.288 e. The van der Waals surface area contributed by atoms with Crippen molar-refractivity contribution in [3.63, 3.8) is 0 Å². The van der Waals surface area contributed by atoms with Crippen molar-refractivity contribution in [2.75, 3.05) is 18.1 Å². The van der Waals surface area contributed by atoms with Crippen molar-refractivity contribution < 1.29 is 9.59 Å². The summed E-state index contributed by atoms with van der Waals surface area (Å²) in [6, 6.07) is 7.48. The lowest BCUT2D eigenvalue weighted by Gasteiger charge is -2.27. The molecule has 8 heteroatoms. The molecule has 1 aliphatic heterocycles. The third-order valence-corrected chi connectivity index (χ3v) is 4.03. The highest BCUT2D eigenvalue weighted by Gasteiger charge is 2.25. The Morgan fingerprint density at radius 2 is 2.08 bits per heavy atom. The van der Waals surface area contributed by atoms with Crippen molar-refractivity contribution in [3.8, 4) is 0 Å². The van der Waals surface area contributed by atoms with E-state index in [0.29, 0.717) is 12.2 Å². The van der Waals surface area contributed by atoms with Gasteiger partial charge >= 0.3 is 0 Å². The van der Waals surface area contributed by atoms with Crippen LogP contribution in [0.5, 0.6) is 0 Å². The number of carbonyl (C=O) groups excluding carboxylic acids is 2. The van der Waals surface area contributed by atoms with Crippen LogP contribution in [-0.4, -0.2) is 40.5 Å². The Morgan fingerprint density at radius 1 is 1.31 bits per heavy atom. The van der Waals surface area contributed by atoms with Crippen LogP contribution in [0.4, 0.5) is 5.69 Å². The van der Waals surface area contributed by atoms with Gasteiger partial charge in [0.1, 0.15) is 6.54 Å². The number of rotatable bonds is 6. The molecule has 0 fully saturated rings. The van der Waals surface area contributed by atoms with Gasteiger partial charge in [-0.15, -0.1) is 0 Å². The molecule has 2 N–H and O–H groups in total. The van der Waals surface area contributed by atoms with Crippen LogP contribution >= 0.6 is 0 Å². The minimum Gasteiger partial charge on any atom is -0.349 e. The van der Waals surface area contributed by atoms with E-state index < -0.39 is 0 Å². The zero-order valence-corrected chi connectivity index (χ0v) is 14.9. The number of benzene rings is 1. The Labute approximate surface area is 151 Å². The molecule has 1 aromatic heterocycles. The number of hydrogen-bond donors (Lipinski definition) is 2. The van der Waals surface area contributed by atoms with E-state index in [-0.39, 0.29) is 24.2 Å². The van der Waals surface area contributed by atoms with E-state index in [0.717, 1.165) is 24.0 Å². The Bertz CT molecular complexity index is 824.